The van der Waals surface area contributed by atoms with Gasteiger partial charge < -0.3 is 0 Å². The second kappa shape index (κ2) is 3.17. The van der Waals surface area contributed by atoms with Gasteiger partial charge >= 0.3 is 0 Å². The lowest BCUT2D eigenvalue weighted by atomic mass is 11.0. The lowest BCUT2D eigenvalue weighted by Gasteiger charge is -2.07. The van der Waals surface area contributed by atoms with Crippen molar-refractivity contribution in [2.45, 2.75) is 6.92 Å². The monoisotopic (exact) mass is 151 g/mol. The molecule has 0 heterocycles. The van der Waals surface area contributed by atoms with Crippen LogP contribution >= 0.6 is 0 Å². The van der Waals surface area contributed by atoms with Gasteiger partial charge in [-0.3, -0.25) is 4.90 Å². The molecule has 0 aromatic heterocycles. The van der Waals surface area contributed by atoms with E-state index in [4.69, 9.17) is 0 Å². The van der Waals surface area contributed by atoms with Gasteiger partial charge in [0.25, 0.3) is 0 Å². The molecular formula is C5H13NO2S. The van der Waals surface area contributed by atoms with Crippen LogP contribution in [0, 0.1) is 0 Å². The first-order valence-corrected chi connectivity index (χ1v) is 4.65. The Kier molecular flexibility index (Phi) is 3.14. The van der Waals surface area contributed by atoms with E-state index in [9.17, 15) is 8.42 Å². The maximum Gasteiger partial charge on any atom is 0.163 e. The Bertz CT molecular complexity index is 160. The van der Waals surface area contributed by atoms with E-state index in [0.29, 0.717) is 0 Å². The van der Waals surface area contributed by atoms with E-state index in [1.165, 1.54) is 0 Å². The zero-order valence-electron chi connectivity index (χ0n) is 6.09. The lowest BCUT2D eigenvalue weighted by Crippen LogP contribution is -2.22. The van der Waals surface area contributed by atoms with Gasteiger partial charge in [-0.1, -0.05) is 6.92 Å². The summed E-state index contributed by atoms with van der Waals surface area (Å²) in [6, 6.07) is 0. The van der Waals surface area contributed by atoms with Crippen molar-refractivity contribution >= 4 is 9.84 Å². The van der Waals surface area contributed by atoms with Crippen LogP contribution in [-0.4, -0.2) is 39.0 Å². The molecule has 56 valence electrons. The first-order chi connectivity index (χ1) is 3.98. The summed E-state index contributed by atoms with van der Waals surface area (Å²) in [5.74, 6) is 0.384. The first kappa shape index (κ1) is 8.91. The molecule has 0 radical (unpaired) electrons. The van der Waals surface area contributed by atoms with Crippen molar-refractivity contribution in [3.8, 4) is 0 Å². The second-order valence-corrected chi connectivity index (χ2v) is 4.56. The highest BCUT2D eigenvalue weighted by molar-refractivity contribution is 7.91. The van der Waals surface area contributed by atoms with Crippen molar-refractivity contribution in [3.63, 3.8) is 0 Å². The van der Waals surface area contributed by atoms with E-state index in [0.717, 1.165) is 0 Å². The fourth-order valence-electron chi connectivity index (χ4n) is 0.485. The van der Waals surface area contributed by atoms with Crippen molar-refractivity contribution in [1.29, 1.82) is 0 Å². The molecule has 0 aromatic carbocycles. The Labute approximate surface area is 56.6 Å². The Balaban J connectivity index is 3.90. The average Bonchev–Trinajstić information content (AvgIpc) is 1.63. The van der Waals surface area contributed by atoms with Gasteiger partial charge in [0.1, 0.15) is 5.88 Å². The molecule has 0 aromatic rings. The van der Waals surface area contributed by atoms with Crippen LogP contribution in [0.15, 0.2) is 0 Å². The maximum absolute atomic E-state index is 10.8. The fourth-order valence-corrected chi connectivity index (χ4v) is 1.45. The van der Waals surface area contributed by atoms with Crippen molar-refractivity contribution < 1.29 is 8.42 Å². The van der Waals surface area contributed by atoms with Gasteiger partial charge in [0.15, 0.2) is 9.84 Å². The number of nitrogens with zero attached hydrogens (tertiary/aromatic N) is 1. The third-order valence-electron chi connectivity index (χ3n) is 0.895. The molecule has 0 spiro atoms. The second-order valence-electron chi connectivity index (χ2n) is 2.24. The summed E-state index contributed by atoms with van der Waals surface area (Å²) in [5.41, 5.74) is 0. The van der Waals surface area contributed by atoms with Gasteiger partial charge in [0.05, 0.1) is 0 Å². The van der Waals surface area contributed by atoms with Gasteiger partial charge in [0, 0.05) is 5.75 Å². The summed E-state index contributed by atoms with van der Waals surface area (Å²) < 4.78 is 21.5. The molecular weight excluding hydrogens is 138 g/mol. The van der Waals surface area contributed by atoms with E-state index in [-0.39, 0.29) is 11.6 Å². The summed E-state index contributed by atoms with van der Waals surface area (Å²) >= 11 is 0. The Hall–Kier alpha value is -0.0900. The average molecular weight is 151 g/mol. The van der Waals surface area contributed by atoms with Crippen LogP contribution in [0.1, 0.15) is 6.92 Å². The molecule has 0 fully saturated rings. The largest absolute Gasteiger partial charge is 0.296 e. The molecule has 3 nitrogen and oxygen atoms in total. The summed E-state index contributed by atoms with van der Waals surface area (Å²) in [7, 11) is 0.694. The molecule has 0 saturated carbocycles. The van der Waals surface area contributed by atoms with Crippen LogP contribution in [0.5, 0.6) is 0 Å². The molecule has 0 aliphatic rings. The molecule has 0 rings (SSSR count). The summed E-state index contributed by atoms with van der Waals surface area (Å²) in [5, 5.41) is 0. The van der Waals surface area contributed by atoms with Crippen molar-refractivity contribution in [1.82, 2.24) is 4.90 Å². The number of hydrogen-bond donors (Lipinski definition) is 0. The molecule has 0 amide bonds. The van der Waals surface area contributed by atoms with Crippen LogP contribution in [-0.2, 0) is 9.84 Å². The van der Waals surface area contributed by atoms with Gasteiger partial charge in [0.2, 0.25) is 0 Å². The molecule has 9 heavy (non-hydrogen) atoms. The van der Waals surface area contributed by atoms with E-state index < -0.39 is 9.84 Å². The zero-order chi connectivity index (χ0) is 7.49. The number of rotatable bonds is 3. The van der Waals surface area contributed by atoms with Gasteiger partial charge in [-0.15, -0.1) is 0 Å². The standard InChI is InChI=1S/C5H13NO2S/c1-4-9(7,8)5-6(2)3/h4-5H2,1-3H3. The van der Waals surface area contributed by atoms with Crippen molar-refractivity contribution in [3.05, 3.63) is 0 Å². The Morgan fingerprint density at radius 3 is 1.89 bits per heavy atom. The molecule has 0 N–H and O–H groups in total. The quantitative estimate of drug-likeness (QED) is 0.567. The number of sulfone groups is 1. The molecule has 0 saturated heterocycles. The lowest BCUT2D eigenvalue weighted by molar-refractivity contribution is 0.462. The van der Waals surface area contributed by atoms with Gasteiger partial charge in [-0.25, -0.2) is 8.42 Å². The minimum atomic E-state index is -2.79. The van der Waals surface area contributed by atoms with Crippen LogP contribution in [0.3, 0.4) is 0 Å². The fraction of sp³-hybridized carbons (Fsp3) is 1.00. The topological polar surface area (TPSA) is 37.4 Å². The Morgan fingerprint density at radius 1 is 1.33 bits per heavy atom. The van der Waals surface area contributed by atoms with Crippen LogP contribution in [0.25, 0.3) is 0 Å². The van der Waals surface area contributed by atoms with E-state index in [2.05, 4.69) is 0 Å². The normalized spacial score (nSPS) is 12.4. The third kappa shape index (κ3) is 4.42. The predicted octanol–water partition coefficient (Wildman–Crippen LogP) is -0.0598. The minimum Gasteiger partial charge on any atom is -0.296 e. The SMILES string of the molecule is CCS(=O)(=O)CN(C)C. The number of hydrogen-bond acceptors (Lipinski definition) is 3. The minimum absolute atomic E-state index is 0.156. The first-order valence-electron chi connectivity index (χ1n) is 2.83. The molecule has 0 bridgehead atoms. The highest BCUT2D eigenvalue weighted by Crippen LogP contribution is 1.89. The van der Waals surface area contributed by atoms with Crippen LogP contribution < -0.4 is 0 Å². The third-order valence-corrected chi connectivity index (χ3v) is 2.68. The van der Waals surface area contributed by atoms with E-state index in [1.54, 1.807) is 25.9 Å². The predicted molar refractivity (Wildman–Crippen MR) is 38.0 cm³/mol. The molecule has 0 atom stereocenters. The van der Waals surface area contributed by atoms with E-state index in [1.807, 2.05) is 0 Å². The molecule has 0 aliphatic carbocycles. The highest BCUT2D eigenvalue weighted by atomic mass is 32.2. The zero-order valence-corrected chi connectivity index (χ0v) is 6.90. The molecule has 4 heteroatoms. The summed E-state index contributed by atoms with van der Waals surface area (Å²) in [6.07, 6.45) is 0. The summed E-state index contributed by atoms with van der Waals surface area (Å²) in [4.78, 5) is 1.65. The van der Waals surface area contributed by atoms with E-state index >= 15 is 0 Å². The Morgan fingerprint density at radius 2 is 1.78 bits per heavy atom. The smallest absolute Gasteiger partial charge is 0.163 e. The molecule has 0 unspecified atom stereocenters. The summed E-state index contributed by atoms with van der Waals surface area (Å²) in [6.45, 7) is 1.65. The van der Waals surface area contributed by atoms with Crippen LogP contribution in [0.4, 0.5) is 0 Å². The van der Waals surface area contributed by atoms with Gasteiger partial charge in [-0.2, -0.15) is 0 Å². The van der Waals surface area contributed by atoms with Crippen molar-refractivity contribution in [2.75, 3.05) is 25.7 Å². The highest BCUT2D eigenvalue weighted by Gasteiger charge is 2.06. The van der Waals surface area contributed by atoms with Crippen LogP contribution in [0.2, 0.25) is 0 Å². The van der Waals surface area contributed by atoms with Gasteiger partial charge in [-0.05, 0) is 14.1 Å². The maximum atomic E-state index is 10.8. The van der Waals surface area contributed by atoms with Crippen molar-refractivity contribution in [2.24, 2.45) is 0 Å². The molecule has 0 aliphatic heterocycles.